The van der Waals surface area contributed by atoms with E-state index in [1.165, 1.54) is 25.7 Å². The summed E-state index contributed by atoms with van der Waals surface area (Å²) in [5.41, 5.74) is 0. The Morgan fingerprint density at radius 3 is 2.38 bits per heavy atom. The second-order valence-corrected chi connectivity index (χ2v) is 5.29. The Balaban J connectivity index is 1.85. The molecule has 2 aliphatic heterocycles. The van der Waals surface area contributed by atoms with Crippen molar-refractivity contribution in [3.63, 3.8) is 0 Å². The molecule has 1 N–H and O–H groups in total. The number of hydrogen-bond acceptors (Lipinski definition) is 3. The summed E-state index contributed by atoms with van der Waals surface area (Å²) in [5.74, 6) is 1.74. The molecule has 3 rings (SSSR count). The maximum absolute atomic E-state index is 9.42. The molecule has 0 spiro atoms. The van der Waals surface area contributed by atoms with E-state index in [2.05, 4.69) is 16.9 Å². The van der Waals surface area contributed by atoms with Crippen LogP contribution < -0.4 is 0 Å². The third kappa shape index (κ3) is 1.44. The molecule has 2 aliphatic rings. The zero-order valence-electron chi connectivity index (χ0n) is 9.93. The number of hydrogen-bond donors (Lipinski definition) is 1. The first kappa shape index (κ1) is 10.1. The van der Waals surface area contributed by atoms with Crippen LogP contribution in [0.15, 0.2) is 6.20 Å². The Kier molecular flexibility index (Phi) is 2.21. The van der Waals surface area contributed by atoms with E-state index in [4.69, 9.17) is 0 Å². The predicted octanol–water partition coefficient (Wildman–Crippen LogP) is 1.47. The van der Waals surface area contributed by atoms with Crippen LogP contribution in [0.25, 0.3) is 0 Å². The van der Waals surface area contributed by atoms with Crippen LogP contribution in [0.2, 0.25) is 0 Å². The molecule has 16 heavy (non-hydrogen) atoms. The Labute approximate surface area is 95.9 Å². The van der Waals surface area contributed by atoms with E-state index in [0.29, 0.717) is 5.92 Å². The summed E-state index contributed by atoms with van der Waals surface area (Å²) in [6, 6.07) is 1.45. The number of nitrogens with zero attached hydrogens (tertiary/aromatic N) is 3. The molecule has 3 heterocycles. The molecule has 0 saturated carbocycles. The van der Waals surface area contributed by atoms with Gasteiger partial charge in [0.2, 0.25) is 5.88 Å². The molecule has 4 heteroatoms. The lowest BCUT2D eigenvalue weighted by Crippen LogP contribution is -2.39. The van der Waals surface area contributed by atoms with Crippen LogP contribution in [-0.2, 0) is 7.05 Å². The van der Waals surface area contributed by atoms with Gasteiger partial charge in [-0.1, -0.05) is 0 Å². The van der Waals surface area contributed by atoms with E-state index in [-0.39, 0.29) is 5.88 Å². The van der Waals surface area contributed by atoms with E-state index < -0.39 is 0 Å². The summed E-state index contributed by atoms with van der Waals surface area (Å²) in [4.78, 5) is 6.78. The molecule has 88 valence electrons. The number of piperidine rings is 1. The summed E-state index contributed by atoms with van der Waals surface area (Å²) in [7, 11) is 4.22. The van der Waals surface area contributed by atoms with Crippen LogP contribution in [0.1, 0.15) is 37.4 Å². The second-order valence-electron chi connectivity index (χ2n) is 5.29. The first-order valence-electron chi connectivity index (χ1n) is 6.09. The number of aromatic nitrogens is 2. The highest BCUT2D eigenvalue weighted by atomic mass is 16.3. The monoisotopic (exact) mass is 221 g/mol. The lowest BCUT2D eigenvalue weighted by atomic mass is 9.90. The van der Waals surface area contributed by atoms with Crippen LogP contribution in [0, 0.1) is 0 Å². The fourth-order valence-electron chi connectivity index (χ4n) is 3.47. The van der Waals surface area contributed by atoms with Gasteiger partial charge in [-0.05, 0) is 32.7 Å². The van der Waals surface area contributed by atoms with Gasteiger partial charge in [0.15, 0.2) is 0 Å². The van der Waals surface area contributed by atoms with Gasteiger partial charge in [0.1, 0.15) is 5.82 Å². The zero-order chi connectivity index (χ0) is 11.3. The summed E-state index contributed by atoms with van der Waals surface area (Å²) >= 11 is 0. The highest BCUT2D eigenvalue weighted by Crippen LogP contribution is 2.41. The van der Waals surface area contributed by atoms with Crippen LogP contribution in [0.4, 0.5) is 0 Å². The minimum atomic E-state index is 0.156. The minimum Gasteiger partial charge on any atom is -0.492 e. The van der Waals surface area contributed by atoms with Gasteiger partial charge in [0.05, 0.1) is 6.20 Å². The number of rotatable bonds is 1. The second kappa shape index (κ2) is 3.48. The van der Waals surface area contributed by atoms with Crippen LogP contribution in [0.3, 0.4) is 0 Å². The van der Waals surface area contributed by atoms with Gasteiger partial charge in [-0.2, -0.15) is 4.98 Å². The van der Waals surface area contributed by atoms with Gasteiger partial charge in [0, 0.05) is 25.0 Å². The summed E-state index contributed by atoms with van der Waals surface area (Å²) in [5, 5.41) is 9.42. The SMILES string of the molecule is CN1C2CCC1CC(c1nc(O)cn1C)C2. The molecule has 1 aromatic rings. The third-order valence-corrected chi connectivity index (χ3v) is 4.36. The van der Waals surface area contributed by atoms with Crippen molar-refractivity contribution in [2.75, 3.05) is 7.05 Å². The van der Waals surface area contributed by atoms with Crippen molar-refractivity contribution < 1.29 is 5.11 Å². The third-order valence-electron chi connectivity index (χ3n) is 4.36. The van der Waals surface area contributed by atoms with Crippen molar-refractivity contribution in [2.45, 2.75) is 43.7 Å². The normalized spacial score (nSPS) is 34.5. The average Bonchev–Trinajstić information content (AvgIpc) is 2.65. The highest BCUT2D eigenvalue weighted by Gasteiger charge is 2.40. The molecule has 0 aliphatic carbocycles. The zero-order valence-corrected chi connectivity index (χ0v) is 9.93. The molecule has 0 aromatic carbocycles. The number of aryl methyl sites for hydroxylation is 1. The molecular weight excluding hydrogens is 202 g/mol. The quantitative estimate of drug-likeness (QED) is 0.780. The average molecular weight is 221 g/mol. The summed E-state index contributed by atoms with van der Waals surface area (Å²) in [6.07, 6.45) is 6.74. The number of aromatic hydroxyl groups is 1. The fourth-order valence-corrected chi connectivity index (χ4v) is 3.47. The Morgan fingerprint density at radius 1 is 1.25 bits per heavy atom. The molecule has 4 nitrogen and oxygen atoms in total. The van der Waals surface area contributed by atoms with Crippen molar-refractivity contribution in [3.05, 3.63) is 12.0 Å². The molecule has 0 radical (unpaired) electrons. The molecular formula is C12H19N3O. The Hall–Kier alpha value is -1.03. The van der Waals surface area contributed by atoms with Gasteiger partial charge in [-0.3, -0.25) is 0 Å². The first-order valence-corrected chi connectivity index (χ1v) is 6.09. The van der Waals surface area contributed by atoms with Gasteiger partial charge < -0.3 is 14.6 Å². The van der Waals surface area contributed by atoms with E-state index in [0.717, 1.165) is 17.9 Å². The van der Waals surface area contributed by atoms with E-state index >= 15 is 0 Å². The lowest BCUT2D eigenvalue weighted by Gasteiger charge is -2.35. The Bertz CT molecular complexity index is 387. The largest absolute Gasteiger partial charge is 0.492 e. The van der Waals surface area contributed by atoms with Crippen molar-refractivity contribution in [1.29, 1.82) is 0 Å². The molecule has 0 amide bonds. The molecule has 2 unspecified atom stereocenters. The first-order chi connectivity index (χ1) is 7.65. The van der Waals surface area contributed by atoms with Gasteiger partial charge in [-0.25, -0.2) is 0 Å². The predicted molar refractivity (Wildman–Crippen MR) is 61.4 cm³/mol. The van der Waals surface area contributed by atoms with Crippen LogP contribution in [0.5, 0.6) is 5.88 Å². The number of fused-ring (bicyclic) bond motifs is 2. The molecule has 1 aromatic heterocycles. The van der Waals surface area contributed by atoms with E-state index in [1.54, 1.807) is 6.20 Å². The van der Waals surface area contributed by atoms with Gasteiger partial charge in [-0.15, -0.1) is 0 Å². The van der Waals surface area contributed by atoms with E-state index in [1.807, 2.05) is 11.6 Å². The highest BCUT2D eigenvalue weighted by molar-refractivity contribution is 5.14. The lowest BCUT2D eigenvalue weighted by molar-refractivity contribution is 0.158. The Morgan fingerprint density at radius 2 is 1.88 bits per heavy atom. The topological polar surface area (TPSA) is 41.3 Å². The van der Waals surface area contributed by atoms with E-state index in [9.17, 15) is 5.11 Å². The summed E-state index contributed by atoms with van der Waals surface area (Å²) < 4.78 is 1.98. The number of imidazole rings is 1. The molecule has 2 atom stereocenters. The van der Waals surface area contributed by atoms with Crippen molar-refractivity contribution in [3.8, 4) is 5.88 Å². The van der Waals surface area contributed by atoms with Crippen molar-refractivity contribution in [1.82, 2.24) is 14.5 Å². The molecule has 2 bridgehead atoms. The maximum atomic E-state index is 9.42. The van der Waals surface area contributed by atoms with Crippen molar-refractivity contribution in [2.24, 2.45) is 7.05 Å². The van der Waals surface area contributed by atoms with Gasteiger partial charge >= 0.3 is 0 Å². The van der Waals surface area contributed by atoms with Gasteiger partial charge in [0.25, 0.3) is 0 Å². The summed E-state index contributed by atoms with van der Waals surface area (Å²) in [6.45, 7) is 0. The fraction of sp³-hybridized carbons (Fsp3) is 0.750. The van der Waals surface area contributed by atoms with Crippen LogP contribution in [-0.4, -0.2) is 38.7 Å². The smallest absolute Gasteiger partial charge is 0.229 e. The van der Waals surface area contributed by atoms with Crippen LogP contribution >= 0.6 is 0 Å². The molecule has 2 saturated heterocycles. The van der Waals surface area contributed by atoms with Crippen molar-refractivity contribution >= 4 is 0 Å². The maximum Gasteiger partial charge on any atom is 0.229 e. The minimum absolute atomic E-state index is 0.156. The molecule has 2 fully saturated rings. The standard InChI is InChI=1S/C12H19N3O/c1-14-7-11(16)13-12(14)8-5-9-3-4-10(6-8)15(9)2/h7-10,16H,3-6H2,1-2H3.